The molecular formula is C28H30N8O4. The van der Waals surface area contributed by atoms with Crippen LogP contribution in [0.25, 0.3) is 28.1 Å². The molecule has 40 heavy (non-hydrogen) atoms. The van der Waals surface area contributed by atoms with Crippen LogP contribution in [0, 0.1) is 0 Å². The molecule has 3 heterocycles. The molecule has 0 bridgehead atoms. The number of hydrogen-bond acceptors (Lipinski definition) is 8. The molecular weight excluding hydrogens is 512 g/mol. The monoisotopic (exact) mass is 542 g/mol. The number of aromatic nitrogens is 6. The lowest BCUT2D eigenvalue weighted by Crippen LogP contribution is -2.26. The summed E-state index contributed by atoms with van der Waals surface area (Å²) in [5.74, 6) is 1.06. The summed E-state index contributed by atoms with van der Waals surface area (Å²) in [4.78, 5) is 45.5. The molecule has 1 atom stereocenters. The molecule has 0 saturated carbocycles. The molecule has 3 N–H and O–H groups in total. The maximum absolute atomic E-state index is 13.0. The summed E-state index contributed by atoms with van der Waals surface area (Å²) in [6, 6.07) is 12.6. The standard InChI is InChI=1S/C27H26N8O4.CH4/c1-4-39-27(37)34-26-32-21-13-18(12-20(23(21)33-26)24-28-9-6-10-29-24)35-14-22(30-15-35)25(36)31-16(2)17-7-5-8-19(11-17)38-3;/h5-16H,4H2,1-3H3,(H,31,36)(H2,32,33,34,37);1H4/t16-;/m0./s1. The van der Waals surface area contributed by atoms with Gasteiger partial charge < -0.3 is 24.3 Å². The molecule has 0 aliphatic carbocycles. The molecule has 5 aromatic rings. The number of amides is 2. The first kappa shape index (κ1) is 27.8. The highest BCUT2D eigenvalue weighted by Crippen LogP contribution is 2.29. The highest BCUT2D eigenvalue weighted by molar-refractivity contribution is 5.95. The number of H-pyrrole nitrogens is 1. The first-order chi connectivity index (χ1) is 18.9. The van der Waals surface area contributed by atoms with E-state index in [0.717, 1.165) is 5.56 Å². The van der Waals surface area contributed by atoms with E-state index in [-0.39, 0.29) is 37.6 Å². The predicted octanol–water partition coefficient (Wildman–Crippen LogP) is 4.91. The zero-order valence-corrected chi connectivity index (χ0v) is 21.5. The molecule has 3 aromatic heterocycles. The van der Waals surface area contributed by atoms with Crippen LogP contribution in [0.2, 0.25) is 0 Å². The maximum Gasteiger partial charge on any atom is 0.413 e. The first-order valence-corrected chi connectivity index (χ1v) is 12.2. The zero-order chi connectivity index (χ0) is 27.4. The van der Waals surface area contributed by atoms with E-state index in [1.165, 1.54) is 0 Å². The quantitative estimate of drug-likeness (QED) is 0.250. The third-order valence-corrected chi connectivity index (χ3v) is 5.93. The second-order valence-electron chi connectivity index (χ2n) is 8.53. The Morgan fingerprint density at radius 3 is 2.65 bits per heavy atom. The summed E-state index contributed by atoms with van der Waals surface area (Å²) in [6.07, 6.45) is 5.83. The van der Waals surface area contributed by atoms with E-state index in [4.69, 9.17) is 9.47 Å². The van der Waals surface area contributed by atoms with Gasteiger partial charge in [-0.05, 0) is 49.7 Å². The maximum atomic E-state index is 13.0. The van der Waals surface area contributed by atoms with E-state index in [2.05, 4.69) is 35.6 Å². The number of carbonyl (C=O) groups excluding carboxylic acids is 2. The fourth-order valence-electron chi connectivity index (χ4n) is 4.03. The van der Waals surface area contributed by atoms with Crippen molar-refractivity contribution in [3.63, 3.8) is 0 Å². The number of anilines is 1. The largest absolute Gasteiger partial charge is 0.497 e. The van der Waals surface area contributed by atoms with Crippen LogP contribution >= 0.6 is 0 Å². The molecule has 12 nitrogen and oxygen atoms in total. The van der Waals surface area contributed by atoms with Crippen LogP contribution in [-0.4, -0.2) is 55.2 Å². The van der Waals surface area contributed by atoms with Crippen LogP contribution in [0.3, 0.4) is 0 Å². The van der Waals surface area contributed by atoms with Gasteiger partial charge in [-0.25, -0.2) is 24.7 Å². The number of hydrogen-bond donors (Lipinski definition) is 3. The van der Waals surface area contributed by atoms with Crippen molar-refractivity contribution in [2.24, 2.45) is 0 Å². The van der Waals surface area contributed by atoms with Crippen LogP contribution in [0.1, 0.15) is 43.4 Å². The van der Waals surface area contributed by atoms with Crippen molar-refractivity contribution in [2.45, 2.75) is 27.3 Å². The highest BCUT2D eigenvalue weighted by atomic mass is 16.5. The van der Waals surface area contributed by atoms with Gasteiger partial charge in [0.15, 0.2) is 5.82 Å². The predicted molar refractivity (Wildman–Crippen MR) is 150 cm³/mol. The van der Waals surface area contributed by atoms with Gasteiger partial charge in [0.1, 0.15) is 23.3 Å². The van der Waals surface area contributed by atoms with Gasteiger partial charge in [0, 0.05) is 29.8 Å². The number of aromatic amines is 1. The lowest BCUT2D eigenvalue weighted by atomic mass is 10.1. The molecule has 5 rings (SSSR count). The van der Waals surface area contributed by atoms with Crippen LogP contribution in [-0.2, 0) is 4.74 Å². The molecule has 2 aromatic carbocycles. The third kappa shape index (κ3) is 5.90. The molecule has 0 radical (unpaired) electrons. The zero-order valence-electron chi connectivity index (χ0n) is 21.5. The van der Waals surface area contributed by atoms with Gasteiger partial charge in [-0.15, -0.1) is 0 Å². The summed E-state index contributed by atoms with van der Waals surface area (Å²) in [7, 11) is 1.60. The van der Waals surface area contributed by atoms with Crippen molar-refractivity contribution in [3.05, 3.63) is 78.6 Å². The molecule has 0 spiro atoms. The van der Waals surface area contributed by atoms with E-state index in [1.54, 1.807) is 49.6 Å². The Morgan fingerprint density at radius 1 is 1.10 bits per heavy atom. The van der Waals surface area contributed by atoms with E-state index in [0.29, 0.717) is 33.9 Å². The van der Waals surface area contributed by atoms with Crippen LogP contribution in [0.4, 0.5) is 10.7 Å². The Labute approximate surface area is 230 Å². The van der Waals surface area contributed by atoms with E-state index in [1.807, 2.05) is 43.3 Å². The van der Waals surface area contributed by atoms with Crippen LogP contribution in [0.5, 0.6) is 5.75 Å². The second kappa shape index (κ2) is 12.1. The fraction of sp³-hybridized carbons (Fsp3) is 0.214. The lowest BCUT2D eigenvalue weighted by Gasteiger charge is -2.14. The normalized spacial score (nSPS) is 11.4. The Morgan fingerprint density at radius 2 is 1.90 bits per heavy atom. The SMILES string of the molecule is C.CCOC(=O)Nc1nc2c(-c3ncccn3)cc(-n3cnc(C(=O)N[C@@H](C)c4cccc(OC)c4)c3)cc2[nH]1. The number of carbonyl (C=O) groups is 2. The first-order valence-electron chi connectivity index (χ1n) is 12.2. The number of methoxy groups -OCH3 is 1. The highest BCUT2D eigenvalue weighted by Gasteiger charge is 2.18. The van der Waals surface area contributed by atoms with E-state index < -0.39 is 6.09 Å². The number of ether oxygens (including phenoxy) is 2. The fourth-order valence-corrected chi connectivity index (χ4v) is 4.03. The summed E-state index contributed by atoms with van der Waals surface area (Å²) >= 11 is 0. The molecule has 0 fully saturated rings. The van der Waals surface area contributed by atoms with Gasteiger partial charge in [-0.1, -0.05) is 19.6 Å². The van der Waals surface area contributed by atoms with Crippen molar-refractivity contribution < 1.29 is 19.1 Å². The smallest absolute Gasteiger partial charge is 0.413 e. The Hall–Kier alpha value is -5.26. The lowest BCUT2D eigenvalue weighted by molar-refractivity contribution is 0.0935. The van der Waals surface area contributed by atoms with Crippen molar-refractivity contribution in [1.82, 2.24) is 34.8 Å². The number of nitrogens with one attached hydrogen (secondary N) is 3. The summed E-state index contributed by atoms with van der Waals surface area (Å²) in [5.41, 5.74) is 3.64. The number of benzene rings is 2. The van der Waals surface area contributed by atoms with Gasteiger partial charge in [0.25, 0.3) is 5.91 Å². The Bertz CT molecular complexity index is 1630. The molecule has 0 aliphatic heterocycles. The van der Waals surface area contributed by atoms with Gasteiger partial charge in [-0.3, -0.25) is 10.1 Å². The Kier molecular flexibility index (Phi) is 8.38. The number of imidazole rings is 2. The van der Waals surface area contributed by atoms with Crippen molar-refractivity contribution in [1.29, 1.82) is 0 Å². The summed E-state index contributed by atoms with van der Waals surface area (Å²) < 4.78 is 11.9. The van der Waals surface area contributed by atoms with Gasteiger partial charge >= 0.3 is 6.09 Å². The van der Waals surface area contributed by atoms with Crippen LogP contribution in [0.15, 0.2) is 67.4 Å². The average molecular weight is 543 g/mol. The van der Waals surface area contributed by atoms with Gasteiger partial charge in [0.2, 0.25) is 5.95 Å². The number of fused-ring (bicyclic) bond motifs is 1. The molecule has 2 amide bonds. The van der Waals surface area contributed by atoms with Crippen LogP contribution < -0.4 is 15.4 Å². The van der Waals surface area contributed by atoms with Gasteiger partial charge in [-0.2, -0.15) is 0 Å². The molecule has 0 saturated heterocycles. The summed E-state index contributed by atoms with van der Waals surface area (Å²) in [5, 5.41) is 5.55. The van der Waals surface area contributed by atoms with Crippen molar-refractivity contribution in [3.8, 4) is 22.8 Å². The van der Waals surface area contributed by atoms with Crippen molar-refractivity contribution >= 4 is 29.0 Å². The molecule has 12 heteroatoms. The minimum atomic E-state index is -0.622. The topological polar surface area (TPSA) is 149 Å². The molecule has 0 aliphatic rings. The second-order valence-corrected chi connectivity index (χ2v) is 8.53. The third-order valence-electron chi connectivity index (χ3n) is 5.93. The number of nitrogens with zero attached hydrogens (tertiary/aromatic N) is 5. The summed E-state index contributed by atoms with van der Waals surface area (Å²) in [6.45, 7) is 3.84. The number of rotatable bonds is 8. The molecule has 206 valence electrons. The van der Waals surface area contributed by atoms with Gasteiger partial charge in [0.05, 0.1) is 25.3 Å². The van der Waals surface area contributed by atoms with E-state index in [9.17, 15) is 9.59 Å². The average Bonchev–Trinajstić information content (AvgIpc) is 3.60. The minimum Gasteiger partial charge on any atom is -0.497 e. The molecule has 0 unspecified atom stereocenters. The van der Waals surface area contributed by atoms with Crippen molar-refractivity contribution in [2.75, 3.05) is 19.0 Å². The minimum absolute atomic E-state index is 0. The Balaban J connectivity index is 0.00000370. The van der Waals surface area contributed by atoms with E-state index >= 15 is 0 Å².